The third kappa shape index (κ3) is 4.05. The summed E-state index contributed by atoms with van der Waals surface area (Å²) >= 11 is 1.48. The number of esters is 1. The molecular formula is C25H29N3O4S. The maximum atomic E-state index is 13.0. The first-order valence-electron chi connectivity index (χ1n) is 11.4. The quantitative estimate of drug-likeness (QED) is 0.634. The van der Waals surface area contributed by atoms with Crippen molar-refractivity contribution in [3.8, 4) is 5.75 Å². The second-order valence-corrected chi connectivity index (χ2v) is 10.0. The summed E-state index contributed by atoms with van der Waals surface area (Å²) in [6.45, 7) is 1.82. The number of thioether (sulfide) groups is 1. The average molecular weight is 468 g/mol. The van der Waals surface area contributed by atoms with Crippen molar-refractivity contribution in [1.82, 2.24) is 10.2 Å². The van der Waals surface area contributed by atoms with Crippen LogP contribution in [-0.4, -0.2) is 42.2 Å². The molecule has 2 saturated carbocycles. The van der Waals surface area contributed by atoms with Crippen LogP contribution in [0.4, 0.5) is 0 Å². The molecule has 1 amide bonds. The van der Waals surface area contributed by atoms with Crippen molar-refractivity contribution in [2.24, 2.45) is 16.8 Å². The third-order valence-electron chi connectivity index (χ3n) is 7.24. The van der Waals surface area contributed by atoms with E-state index in [-0.39, 0.29) is 12.3 Å². The van der Waals surface area contributed by atoms with E-state index in [0.29, 0.717) is 29.0 Å². The van der Waals surface area contributed by atoms with Crippen molar-refractivity contribution in [3.63, 3.8) is 0 Å². The number of hydrogen-bond donors (Lipinski definition) is 1. The van der Waals surface area contributed by atoms with Crippen molar-refractivity contribution in [3.05, 3.63) is 52.2 Å². The Morgan fingerprint density at radius 1 is 1.24 bits per heavy atom. The monoisotopic (exact) mass is 467 g/mol. The summed E-state index contributed by atoms with van der Waals surface area (Å²) in [5.41, 5.74) is 2.80. The number of hydrogen-bond acceptors (Lipinski definition) is 7. The number of carbonyl (C=O) groups is 2. The van der Waals surface area contributed by atoms with Crippen molar-refractivity contribution < 1.29 is 19.1 Å². The Balaban J connectivity index is 1.43. The SMILES string of the molecule is COC(=O)C1=C(C)N=C2SC=C(CC(=O)NC3CC4CCC3C4)N2C1c1cccc(OC)c1. The van der Waals surface area contributed by atoms with Crippen LogP contribution in [0.2, 0.25) is 0 Å². The van der Waals surface area contributed by atoms with Crippen LogP contribution in [0.15, 0.2) is 51.6 Å². The minimum Gasteiger partial charge on any atom is -0.497 e. The fourth-order valence-electron chi connectivity index (χ4n) is 5.71. The smallest absolute Gasteiger partial charge is 0.338 e. The number of amides is 1. The van der Waals surface area contributed by atoms with Crippen LogP contribution in [0.1, 0.15) is 50.6 Å². The standard InChI is InChI=1S/C25H29N3O4S/c1-14-22(24(30)32-3)23(17-5-4-6-19(11-17)31-2)28-18(13-33-25(28)26-14)12-21(29)27-20-10-15-7-8-16(20)9-15/h4-6,11,13,15-16,20,23H,7-10,12H2,1-3H3,(H,27,29). The molecule has 33 heavy (non-hydrogen) atoms. The fraction of sp³-hybridized carbons (Fsp3) is 0.480. The predicted octanol–water partition coefficient (Wildman–Crippen LogP) is 4.14. The first-order chi connectivity index (χ1) is 16.0. The molecule has 1 aromatic rings. The Bertz CT molecular complexity index is 1080. The van der Waals surface area contributed by atoms with E-state index in [0.717, 1.165) is 28.8 Å². The lowest BCUT2D eigenvalue weighted by atomic mass is 9.93. The molecule has 7 nitrogen and oxygen atoms in total. The molecule has 2 aliphatic heterocycles. The number of benzene rings is 1. The largest absolute Gasteiger partial charge is 0.497 e. The van der Waals surface area contributed by atoms with Crippen molar-refractivity contribution in [2.75, 3.05) is 14.2 Å². The number of amidine groups is 1. The highest BCUT2D eigenvalue weighted by Crippen LogP contribution is 2.46. The van der Waals surface area contributed by atoms with Crippen LogP contribution in [0.5, 0.6) is 5.75 Å². The van der Waals surface area contributed by atoms with Crippen molar-refractivity contribution in [2.45, 2.75) is 51.1 Å². The Hall–Kier alpha value is -2.74. The minimum absolute atomic E-state index is 0.0240. The number of rotatable bonds is 6. The van der Waals surface area contributed by atoms with Crippen LogP contribution in [0.3, 0.4) is 0 Å². The molecule has 8 heteroatoms. The van der Waals surface area contributed by atoms with Gasteiger partial charge in [0, 0.05) is 11.7 Å². The van der Waals surface area contributed by atoms with E-state index in [2.05, 4.69) is 10.3 Å². The highest BCUT2D eigenvalue weighted by atomic mass is 32.2. The number of allylic oxidation sites excluding steroid dienone is 1. The second-order valence-electron chi connectivity index (χ2n) is 9.19. The van der Waals surface area contributed by atoms with Gasteiger partial charge < -0.3 is 19.7 Å². The number of methoxy groups -OCH3 is 2. The molecule has 0 radical (unpaired) electrons. The minimum atomic E-state index is -0.448. The van der Waals surface area contributed by atoms with Crippen LogP contribution >= 0.6 is 11.8 Å². The van der Waals surface area contributed by atoms with Gasteiger partial charge in [-0.2, -0.15) is 0 Å². The second kappa shape index (κ2) is 8.89. The van der Waals surface area contributed by atoms with Gasteiger partial charge in [-0.05, 0) is 61.1 Å². The van der Waals surface area contributed by atoms with Gasteiger partial charge in [-0.25, -0.2) is 9.79 Å². The van der Waals surface area contributed by atoms with Gasteiger partial charge in [0.2, 0.25) is 5.91 Å². The predicted molar refractivity (Wildman–Crippen MR) is 127 cm³/mol. The van der Waals surface area contributed by atoms with E-state index in [9.17, 15) is 9.59 Å². The first-order valence-corrected chi connectivity index (χ1v) is 12.3. The number of nitrogens with zero attached hydrogens (tertiary/aromatic N) is 2. The first kappa shape index (κ1) is 22.1. The molecule has 4 atom stereocenters. The van der Waals surface area contributed by atoms with Crippen molar-refractivity contribution >= 4 is 28.8 Å². The number of aliphatic imine (C=N–C) groups is 1. The molecule has 2 aliphatic carbocycles. The fourth-order valence-corrected chi connectivity index (χ4v) is 6.68. The summed E-state index contributed by atoms with van der Waals surface area (Å²) in [5, 5.41) is 6.01. The summed E-state index contributed by atoms with van der Waals surface area (Å²) in [4.78, 5) is 32.5. The lowest BCUT2D eigenvalue weighted by Gasteiger charge is -2.36. The van der Waals surface area contributed by atoms with Gasteiger partial charge in [-0.1, -0.05) is 30.3 Å². The molecule has 174 valence electrons. The zero-order valence-electron chi connectivity index (χ0n) is 19.2. The average Bonchev–Trinajstić information content (AvgIpc) is 3.54. The summed E-state index contributed by atoms with van der Waals surface area (Å²) in [6, 6.07) is 7.49. The topological polar surface area (TPSA) is 80.2 Å². The summed E-state index contributed by atoms with van der Waals surface area (Å²) in [6.07, 6.45) is 5.12. The van der Waals surface area contributed by atoms with Gasteiger partial charge in [-0.3, -0.25) is 4.79 Å². The summed E-state index contributed by atoms with van der Waals surface area (Å²) < 4.78 is 10.6. The van der Waals surface area contributed by atoms with Gasteiger partial charge in [0.25, 0.3) is 0 Å². The maximum Gasteiger partial charge on any atom is 0.338 e. The van der Waals surface area contributed by atoms with Crippen LogP contribution in [0.25, 0.3) is 0 Å². The molecule has 0 spiro atoms. The number of fused-ring (bicyclic) bond motifs is 3. The molecule has 1 aromatic carbocycles. The van der Waals surface area contributed by atoms with E-state index in [1.807, 2.05) is 41.5 Å². The Kier molecular flexibility index (Phi) is 5.95. The Labute approximate surface area is 198 Å². The molecule has 4 unspecified atom stereocenters. The van der Waals surface area contributed by atoms with Crippen LogP contribution < -0.4 is 10.1 Å². The molecule has 4 aliphatic rings. The van der Waals surface area contributed by atoms with Crippen LogP contribution in [-0.2, 0) is 14.3 Å². The number of carbonyl (C=O) groups excluding carboxylic acids is 2. The highest BCUT2D eigenvalue weighted by molar-refractivity contribution is 8.16. The van der Waals surface area contributed by atoms with Gasteiger partial charge in [-0.15, -0.1) is 0 Å². The third-order valence-corrected chi connectivity index (χ3v) is 8.13. The van der Waals surface area contributed by atoms with Gasteiger partial charge in [0.1, 0.15) is 5.75 Å². The Morgan fingerprint density at radius 3 is 2.79 bits per heavy atom. The lowest BCUT2D eigenvalue weighted by molar-refractivity contribution is -0.136. The molecule has 2 bridgehead atoms. The molecular weight excluding hydrogens is 438 g/mol. The number of ether oxygens (including phenoxy) is 2. The van der Waals surface area contributed by atoms with E-state index in [1.165, 1.54) is 38.1 Å². The van der Waals surface area contributed by atoms with E-state index >= 15 is 0 Å². The van der Waals surface area contributed by atoms with Gasteiger partial charge >= 0.3 is 5.97 Å². The van der Waals surface area contributed by atoms with E-state index in [1.54, 1.807) is 7.11 Å². The van der Waals surface area contributed by atoms with Crippen LogP contribution in [0, 0.1) is 11.8 Å². The van der Waals surface area contributed by atoms with E-state index < -0.39 is 12.0 Å². The molecule has 5 rings (SSSR count). The molecule has 0 saturated heterocycles. The zero-order chi connectivity index (χ0) is 23.1. The van der Waals surface area contributed by atoms with Crippen molar-refractivity contribution in [1.29, 1.82) is 0 Å². The van der Waals surface area contributed by atoms with Gasteiger partial charge in [0.15, 0.2) is 5.17 Å². The molecule has 0 aromatic heterocycles. The summed E-state index contributed by atoms with van der Waals surface area (Å²) in [5.74, 6) is 1.70. The highest BCUT2D eigenvalue weighted by Gasteiger charge is 2.43. The maximum absolute atomic E-state index is 13.0. The zero-order valence-corrected chi connectivity index (χ0v) is 20.0. The molecule has 2 heterocycles. The molecule has 2 fully saturated rings. The summed E-state index contributed by atoms with van der Waals surface area (Å²) in [7, 11) is 3.00. The normalized spacial score (nSPS) is 27.8. The van der Waals surface area contributed by atoms with Gasteiger partial charge in [0.05, 0.1) is 38.0 Å². The number of nitrogens with one attached hydrogen (secondary N) is 1. The lowest BCUT2D eigenvalue weighted by Crippen LogP contribution is -2.41. The molecule has 1 N–H and O–H groups in total. The Morgan fingerprint density at radius 2 is 2.09 bits per heavy atom. The van der Waals surface area contributed by atoms with E-state index in [4.69, 9.17) is 9.47 Å².